The second kappa shape index (κ2) is 6.95. The molecule has 0 spiro atoms. The molecular weight excluding hydrogens is 274 g/mol. The van der Waals surface area contributed by atoms with Crippen molar-refractivity contribution in [3.8, 4) is 0 Å². The summed E-state index contributed by atoms with van der Waals surface area (Å²) in [4.78, 5) is 11.7. The summed E-state index contributed by atoms with van der Waals surface area (Å²) in [5, 5.41) is 5.36. The van der Waals surface area contributed by atoms with Crippen LogP contribution in [0.3, 0.4) is 0 Å². The van der Waals surface area contributed by atoms with Gasteiger partial charge in [0.1, 0.15) is 11.6 Å². The predicted molar refractivity (Wildman–Crippen MR) is 77.9 cm³/mol. The van der Waals surface area contributed by atoms with Gasteiger partial charge in [0.25, 0.3) is 0 Å². The molecule has 0 fully saturated rings. The summed E-state index contributed by atoms with van der Waals surface area (Å²) in [7, 11) is 0. The molecule has 2 aromatic rings. The Balaban J connectivity index is 1.82. The van der Waals surface area contributed by atoms with Crippen LogP contribution in [0.2, 0.25) is 0 Å². The highest BCUT2D eigenvalue weighted by atomic mass is 19.1. The van der Waals surface area contributed by atoms with Crippen molar-refractivity contribution in [1.29, 1.82) is 0 Å². The quantitative estimate of drug-likeness (QED) is 0.889. The van der Waals surface area contributed by atoms with Gasteiger partial charge in [-0.25, -0.2) is 8.78 Å². The molecule has 0 saturated carbocycles. The Morgan fingerprint density at radius 3 is 2.67 bits per heavy atom. The van der Waals surface area contributed by atoms with Gasteiger partial charge in [0, 0.05) is 12.6 Å². The number of halogens is 2. The largest absolute Gasteiger partial charge is 0.322 e. The van der Waals surface area contributed by atoms with Crippen molar-refractivity contribution in [2.75, 3.05) is 11.9 Å². The summed E-state index contributed by atoms with van der Waals surface area (Å²) >= 11 is 0. The number of rotatable bonds is 5. The van der Waals surface area contributed by atoms with Crippen molar-refractivity contribution >= 4 is 11.6 Å². The Morgan fingerprint density at radius 2 is 1.95 bits per heavy atom. The fourth-order valence-corrected chi connectivity index (χ4v) is 1.93. The molecule has 0 unspecified atom stereocenters. The third kappa shape index (κ3) is 4.65. The van der Waals surface area contributed by atoms with Gasteiger partial charge in [0.15, 0.2) is 0 Å². The minimum absolute atomic E-state index is 0.0289. The number of carbonyl (C=O) groups is 1. The molecule has 0 radical (unpaired) electrons. The number of hydrogen-bond acceptors (Lipinski definition) is 2. The smallest absolute Gasteiger partial charge is 0.238 e. The molecular formula is C16H16F2N2O. The molecule has 0 aliphatic rings. The zero-order chi connectivity index (χ0) is 15.2. The highest BCUT2D eigenvalue weighted by Crippen LogP contribution is 2.14. The van der Waals surface area contributed by atoms with E-state index in [2.05, 4.69) is 10.6 Å². The minimum Gasteiger partial charge on any atom is -0.322 e. The van der Waals surface area contributed by atoms with E-state index in [0.29, 0.717) is 6.54 Å². The van der Waals surface area contributed by atoms with Gasteiger partial charge in [0.05, 0.1) is 12.2 Å². The average molecular weight is 290 g/mol. The lowest BCUT2D eigenvalue weighted by Gasteiger charge is -2.08. The maximum atomic E-state index is 13.4. The van der Waals surface area contributed by atoms with E-state index in [4.69, 9.17) is 0 Å². The molecule has 21 heavy (non-hydrogen) atoms. The van der Waals surface area contributed by atoms with E-state index in [1.165, 1.54) is 6.07 Å². The number of carbonyl (C=O) groups excluding carboxylic acids is 1. The highest BCUT2D eigenvalue weighted by molar-refractivity contribution is 5.92. The van der Waals surface area contributed by atoms with Crippen LogP contribution in [0, 0.1) is 18.6 Å². The van der Waals surface area contributed by atoms with Crippen LogP contribution in [0.15, 0.2) is 42.5 Å². The standard InChI is InChI=1S/C16H16F2N2O/c1-11-3-2-4-12(7-11)9-19-10-16(21)20-15-6-5-13(17)8-14(15)18/h2-8,19H,9-10H2,1H3,(H,20,21). The number of nitrogens with one attached hydrogen (secondary N) is 2. The first-order valence-corrected chi connectivity index (χ1v) is 6.56. The highest BCUT2D eigenvalue weighted by Gasteiger charge is 2.07. The first kappa shape index (κ1) is 15.1. The molecule has 2 N–H and O–H groups in total. The summed E-state index contributed by atoms with van der Waals surface area (Å²) in [6.45, 7) is 2.58. The topological polar surface area (TPSA) is 41.1 Å². The normalized spacial score (nSPS) is 10.4. The molecule has 0 aliphatic carbocycles. The van der Waals surface area contributed by atoms with Crippen molar-refractivity contribution in [2.24, 2.45) is 0 Å². The molecule has 2 rings (SSSR count). The van der Waals surface area contributed by atoms with Crippen molar-refractivity contribution in [1.82, 2.24) is 5.32 Å². The minimum atomic E-state index is -0.790. The lowest BCUT2D eigenvalue weighted by atomic mass is 10.1. The van der Waals surface area contributed by atoms with E-state index in [9.17, 15) is 13.6 Å². The summed E-state index contributed by atoms with van der Waals surface area (Å²) in [6.07, 6.45) is 0. The van der Waals surface area contributed by atoms with Crippen molar-refractivity contribution in [3.63, 3.8) is 0 Å². The maximum Gasteiger partial charge on any atom is 0.238 e. The third-order valence-corrected chi connectivity index (χ3v) is 2.90. The lowest BCUT2D eigenvalue weighted by molar-refractivity contribution is -0.115. The van der Waals surface area contributed by atoms with Crippen LogP contribution in [0.5, 0.6) is 0 Å². The van der Waals surface area contributed by atoms with E-state index >= 15 is 0 Å². The molecule has 110 valence electrons. The molecule has 0 atom stereocenters. The van der Waals surface area contributed by atoms with Crippen LogP contribution in [0.25, 0.3) is 0 Å². The van der Waals surface area contributed by atoms with Crippen LogP contribution in [-0.2, 0) is 11.3 Å². The van der Waals surface area contributed by atoms with Gasteiger partial charge in [-0.1, -0.05) is 29.8 Å². The predicted octanol–water partition coefficient (Wildman–Crippen LogP) is 3.00. The van der Waals surface area contributed by atoms with E-state index in [1.54, 1.807) is 0 Å². The number of benzene rings is 2. The fraction of sp³-hybridized carbons (Fsp3) is 0.188. The fourth-order valence-electron chi connectivity index (χ4n) is 1.93. The SMILES string of the molecule is Cc1cccc(CNCC(=O)Nc2ccc(F)cc2F)c1. The molecule has 1 amide bonds. The number of anilines is 1. The molecule has 0 aromatic heterocycles. The molecule has 0 saturated heterocycles. The lowest BCUT2D eigenvalue weighted by Crippen LogP contribution is -2.28. The monoisotopic (exact) mass is 290 g/mol. The van der Waals surface area contributed by atoms with E-state index in [1.807, 2.05) is 31.2 Å². The molecule has 0 heterocycles. The van der Waals surface area contributed by atoms with Gasteiger partial charge in [-0.15, -0.1) is 0 Å². The Labute approximate surface area is 122 Å². The Bertz CT molecular complexity index is 644. The zero-order valence-corrected chi connectivity index (χ0v) is 11.6. The molecule has 3 nitrogen and oxygen atoms in total. The number of aryl methyl sites for hydroxylation is 1. The van der Waals surface area contributed by atoms with Gasteiger partial charge in [-0.05, 0) is 24.6 Å². The van der Waals surface area contributed by atoms with Crippen LogP contribution in [-0.4, -0.2) is 12.5 Å². The Hall–Kier alpha value is -2.27. The van der Waals surface area contributed by atoms with Crippen LogP contribution < -0.4 is 10.6 Å². The zero-order valence-electron chi connectivity index (χ0n) is 11.6. The van der Waals surface area contributed by atoms with Crippen molar-refractivity contribution in [2.45, 2.75) is 13.5 Å². The summed E-state index contributed by atoms with van der Waals surface area (Å²) in [6, 6.07) is 10.9. The van der Waals surface area contributed by atoms with Gasteiger partial charge < -0.3 is 10.6 Å². The first-order valence-electron chi connectivity index (χ1n) is 6.56. The Kier molecular flexibility index (Phi) is 5.00. The van der Waals surface area contributed by atoms with Gasteiger partial charge in [-0.3, -0.25) is 4.79 Å². The molecule has 5 heteroatoms. The van der Waals surface area contributed by atoms with Crippen LogP contribution in [0.4, 0.5) is 14.5 Å². The summed E-state index contributed by atoms with van der Waals surface area (Å²) in [5.74, 6) is -1.85. The molecule has 0 aliphatic heterocycles. The second-order valence-corrected chi connectivity index (χ2v) is 4.76. The first-order chi connectivity index (χ1) is 10.0. The average Bonchev–Trinajstić information content (AvgIpc) is 2.42. The van der Waals surface area contributed by atoms with Crippen molar-refractivity contribution in [3.05, 3.63) is 65.2 Å². The summed E-state index contributed by atoms with van der Waals surface area (Å²) < 4.78 is 26.1. The van der Waals surface area contributed by atoms with E-state index < -0.39 is 11.6 Å². The number of hydrogen-bond donors (Lipinski definition) is 2. The second-order valence-electron chi connectivity index (χ2n) is 4.76. The van der Waals surface area contributed by atoms with E-state index in [-0.39, 0.29) is 18.1 Å². The molecule has 0 bridgehead atoms. The van der Waals surface area contributed by atoms with Gasteiger partial charge in [-0.2, -0.15) is 0 Å². The molecule has 2 aromatic carbocycles. The maximum absolute atomic E-state index is 13.4. The third-order valence-electron chi connectivity index (χ3n) is 2.90. The van der Waals surface area contributed by atoms with Crippen LogP contribution in [0.1, 0.15) is 11.1 Å². The van der Waals surface area contributed by atoms with E-state index in [0.717, 1.165) is 23.3 Å². The van der Waals surface area contributed by atoms with Gasteiger partial charge >= 0.3 is 0 Å². The van der Waals surface area contributed by atoms with Crippen molar-refractivity contribution < 1.29 is 13.6 Å². The Morgan fingerprint density at radius 1 is 1.14 bits per heavy atom. The number of amides is 1. The van der Waals surface area contributed by atoms with Gasteiger partial charge in [0.2, 0.25) is 5.91 Å². The van der Waals surface area contributed by atoms with Crippen LogP contribution >= 0.6 is 0 Å². The summed E-state index contributed by atoms with van der Waals surface area (Å²) in [5.41, 5.74) is 2.18.